The summed E-state index contributed by atoms with van der Waals surface area (Å²) in [5, 5.41) is 17.1. The summed E-state index contributed by atoms with van der Waals surface area (Å²) in [6.45, 7) is 1.47. The van der Waals surface area contributed by atoms with Crippen molar-refractivity contribution in [3.63, 3.8) is 0 Å². The van der Waals surface area contributed by atoms with Gasteiger partial charge in [0.15, 0.2) is 0 Å². The minimum absolute atomic E-state index is 0.282. The van der Waals surface area contributed by atoms with E-state index in [0.717, 1.165) is 52.3 Å². The summed E-state index contributed by atoms with van der Waals surface area (Å²) >= 11 is 8.90. The fraction of sp³-hybridized carbons (Fsp3) is 0.139. The van der Waals surface area contributed by atoms with Crippen molar-refractivity contribution >= 4 is 56.7 Å². The Balaban J connectivity index is 1.26. The van der Waals surface area contributed by atoms with E-state index in [0.29, 0.717) is 12.3 Å². The third kappa shape index (κ3) is 6.33. The van der Waals surface area contributed by atoms with Gasteiger partial charge < -0.3 is 15.0 Å². The maximum atomic E-state index is 11.4. The summed E-state index contributed by atoms with van der Waals surface area (Å²) in [5.74, 6) is -0.217. The maximum Gasteiger partial charge on any atom is 0.335 e. The van der Waals surface area contributed by atoms with Crippen LogP contribution >= 0.6 is 23.4 Å². The Morgan fingerprint density at radius 3 is 2.36 bits per heavy atom. The third-order valence-corrected chi connectivity index (χ3v) is 8.98. The lowest BCUT2D eigenvalue weighted by molar-refractivity contribution is 0.0697. The van der Waals surface area contributed by atoms with Crippen LogP contribution in [0.1, 0.15) is 33.6 Å². The van der Waals surface area contributed by atoms with Crippen molar-refractivity contribution in [3.8, 4) is 0 Å². The highest BCUT2D eigenvalue weighted by Gasteiger charge is 2.17. The van der Waals surface area contributed by atoms with Crippen LogP contribution in [0.5, 0.6) is 0 Å². The molecule has 0 aliphatic carbocycles. The van der Waals surface area contributed by atoms with Crippen molar-refractivity contribution in [1.82, 2.24) is 4.57 Å². The molecule has 0 spiro atoms. The molecule has 210 valence electrons. The zero-order valence-electron chi connectivity index (χ0n) is 23.1. The van der Waals surface area contributed by atoms with Gasteiger partial charge in [0.05, 0.1) is 16.1 Å². The number of carboxylic acid groups (broad SMARTS) is 1. The number of aromatic nitrogens is 1. The molecule has 0 amide bonds. The number of nitrogens with zero attached hydrogens (tertiary/aromatic N) is 1. The van der Waals surface area contributed by atoms with E-state index >= 15 is 0 Å². The maximum absolute atomic E-state index is 11.4. The quantitative estimate of drug-likeness (QED) is 0.116. The lowest BCUT2D eigenvalue weighted by atomic mass is 10.1. The molecule has 0 saturated heterocycles. The number of benzene rings is 5. The van der Waals surface area contributed by atoms with E-state index in [-0.39, 0.29) is 5.56 Å². The van der Waals surface area contributed by atoms with Gasteiger partial charge in [0.25, 0.3) is 0 Å². The number of hydrogen-bond donors (Lipinski definition) is 2. The molecule has 0 aliphatic rings. The van der Waals surface area contributed by atoms with E-state index in [2.05, 4.69) is 94.8 Å². The zero-order chi connectivity index (χ0) is 28.9. The minimum Gasteiger partial charge on any atom is -0.478 e. The number of anilines is 1. The Labute approximate surface area is 255 Å². The van der Waals surface area contributed by atoms with Gasteiger partial charge in [-0.3, -0.25) is 0 Å². The summed E-state index contributed by atoms with van der Waals surface area (Å²) in [6.07, 6.45) is 2.07. The molecule has 1 heterocycles. The lowest BCUT2D eigenvalue weighted by Gasteiger charge is -2.12. The van der Waals surface area contributed by atoms with Gasteiger partial charge in [-0.15, -0.1) is 11.8 Å². The Kier molecular flexibility index (Phi) is 8.50. The molecule has 6 heteroatoms. The second-order valence-corrected chi connectivity index (χ2v) is 11.8. The number of aromatic carboxylic acids is 1. The fourth-order valence-corrected chi connectivity index (χ4v) is 6.69. The summed E-state index contributed by atoms with van der Waals surface area (Å²) in [6, 6.07) is 39.0. The summed E-state index contributed by atoms with van der Waals surface area (Å²) in [7, 11) is 0. The van der Waals surface area contributed by atoms with Gasteiger partial charge in [-0.05, 0) is 77.2 Å². The molecule has 0 unspecified atom stereocenters. The van der Waals surface area contributed by atoms with E-state index in [4.69, 9.17) is 11.6 Å². The minimum atomic E-state index is -0.924. The average molecular weight is 591 g/mol. The molecule has 4 nitrogen and oxygen atoms in total. The van der Waals surface area contributed by atoms with Crippen LogP contribution in [-0.4, -0.2) is 22.2 Å². The Hall–Kier alpha value is -4.19. The first-order chi connectivity index (χ1) is 20.5. The van der Waals surface area contributed by atoms with Crippen molar-refractivity contribution < 1.29 is 9.90 Å². The largest absolute Gasteiger partial charge is 0.478 e. The molecule has 1 aromatic heterocycles. The molecule has 6 rings (SSSR count). The Bertz CT molecular complexity index is 1850. The number of rotatable bonds is 11. The van der Waals surface area contributed by atoms with E-state index < -0.39 is 5.97 Å². The molecular weight excluding hydrogens is 560 g/mol. The molecular formula is C36H31ClN2O2S. The first-order valence-electron chi connectivity index (χ1n) is 14.1. The summed E-state index contributed by atoms with van der Waals surface area (Å²) < 4.78 is 2.26. The second kappa shape index (κ2) is 12.8. The summed E-state index contributed by atoms with van der Waals surface area (Å²) in [5.41, 5.74) is 5.81. The van der Waals surface area contributed by atoms with Crippen molar-refractivity contribution in [3.05, 3.63) is 143 Å². The van der Waals surface area contributed by atoms with Gasteiger partial charge in [0.2, 0.25) is 0 Å². The van der Waals surface area contributed by atoms with Gasteiger partial charge in [0.1, 0.15) is 0 Å². The van der Waals surface area contributed by atoms with Crippen LogP contribution in [-0.2, 0) is 18.7 Å². The molecule has 0 aliphatic heterocycles. The molecule has 5 aromatic carbocycles. The third-order valence-electron chi connectivity index (χ3n) is 7.56. The van der Waals surface area contributed by atoms with Crippen molar-refractivity contribution in [2.75, 3.05) is 11.9 Å². The first kappa shape index (κ1) is 28.0. The predicted octanol–water partition coefficient (Wildman–Crippen LogP) is 9.53. The standard InChI is InChI=1S/C36H31ClN2O2S/c37-35-32-22-30(38-20-6-9-25-7-2-1-3-8-25)17-19-33(32)39(23-26-12-14-28(15-13-26)36(40)41)34(35)24-42-31-18-16-27-10-4-5-11-29(27)21-31/h1-5,7-8,10-19,21-22,38H,6,9,20,23-24H2,(H,40,41). The molecule has 42 heavy (non-hydrogen) atoms. The highest BCUT2D eigenvalue weighted by molar-refractivity contribution is 7.98. The predicted molar refractivity (Wildman–Crippen MR) is 176 cm³/mol. The summed E-state index contributed by atoms with van der Waals surface area (Å²) in [4.78, 5) is 12.6. The Morgan fingerprint density at radius 1 is 0.810 bits per heavy atom. The van der Waals surface area contributed by atoms with Gasteiger partial charge in [-0.2, -0.15) is 0 Å². The number of carboxylic acids is 1. The molecule has 0 bridgehead atoms. The second-order valence-electron chi connectivity index (χ2n) is 10.4. The number of thioether (sulfide) groups is 1. The van der Waals surface area contributed by atoms with Crippen LogP contribution in [0.2, 0.25) is 5.02 Å². The molecule has 0 saturated carbocycles. The van der Waals surface area contributed by atoms with E-state index in [1.54, 1.807) is 23.9 Å². The van der Waals surface area contributed by atoms with Gasteiger partial charge in [-0.25, -0.2) is 4.79 Å². The van der Waals surface area contributed by atoms with Gasteiger partial charge >= 0.3 is 5.97 Å². The van der Waals surface area contributed by atoms with Crippen LogP contribution in [0, 0.1) is 0 Å². The fourth-order valence-electron chi connectivity index (χ4n) is 5.31. The Morgan fingerprint density at radius 2 is 1.57 bits per heavy atom. The number of hydrogen-bond acceptors (Lipinski definition) is 3. The number of halogens is 1. The highest BCUT2D eigenvalue weighted by Crippen LogP contribution is 2.37. The van der Waals surface area contributed by atoms with Crippen molar-refractivity contribution in [1.29, 1.82) is 0 Å². The van der Waals surface area contributed by atoms with Crippen LogP contribution in [0.4, 0.5) is 5.69 Å². The van der Waals surface area contributed by atoms with Crippen LogP contribution in [0.25, 0.3) is 21.7 Å². The van der Waals surface area contributed by atoms with E-state index in [1.807, 2.05) is 18.2 Å². The number of aryl methyl sites for hydroxylation is 1. The average Bonchev–Trinajstić information content (AvgIpc) is 3.28. The molecule has 2 N–H and O–H groups in total. The van der Waals surface area contributed by atoms with E-state index in [1.165, 1.54) is 21.2 Å². The van der Waals surface area contributed by atoms with Gasteiger partial charge in [-0.1, -0.05) is 84.4 Å². The zero-order valence-corrected chi connectivity index (χ0v) is 24.7. The molecule has 0 atom stereocenters. The first-order valence-corrected chi connectivity index (χ1v) is 15.4. The smallest absolute Gasteiger partial charge is 0.335 e. The SMILES string of the molecule is O=C(O)c1ccc(Cn2c(CSc3ccc4ccccc4c3)c(Cl)c3cc(NCCCc4ccccc4)ccc32)cc1. The molecule has 0 fully saturated rings. The van der Waals surface area contributed by atoms with E-state index in [9.17, 15) is 9.90 Å². The number of nitrogens with one attached hydrogen (secondary N) is 1. The normalized spacial score (nSPS) is 11.3. The van der Waals surface area contributed by atoms with Crippen LogP contribution < -0.4 is 5.32 Å². The van der Waals surface area contributed by atoms with Gasteiger partial charge in [0, 0.05) is 40.5 Å². The number of fused-ring (bicyclic) bond motifs is 2. The van der Waals surface area contributed by atoms with Crippen molar-refractivity contribution in [2.24, 2.45) is 0 Å². The topological polar surface area (TPSA) is 54.3 Å². The monoisotopic (exact) mass is 590 g/mol. The van der Waals surface area contributed by atoms with Crippen LogP contribution in [0.15, 0.2) is 120 Å². The number of carbonyl (C=O) groups is 1. The molecule has 6 aromatic rings. The van der Waals surface area contributed by atoms with Crippen LogP contribution in [0.3, 0.4) is 0 Å². The highest BCUT2D eigenvalue weighted by atomic mass is 35.5. The van der Waals surface area contributed by atoms with Crippen molar-refractivity contribution in [2.45, 2.75) is 30.0 Å². The lowest BCUT2D eigenvalue weighted by Crippen LogP contribution is -2.05. The molecule has 0 radical (unpaired) electrons.